The third-order valence-corrected chi connectivity index (χ3v) is 5.01. The molecule has 3 aromatic rings. The third kappa shape index (κ3) is 4.71. The zero-order chi connectivity index (χ0) is 23.4. The fourth-order valence-electron chi connectivity index (χ4n) is 3.17. The van der Waals surface area contributed by atoms with Crippen LogP contribution >= 0.6 is 23.2 Å². The average molecular weight is 477 g/mol. The van der Waals surface area contributed by atoms with E-state index in [1.54, 1.807) is 25.1 Å². The van der Waals surface area contributed by atoms with Crippen molar-refractivity contribution in [2.24, 2.45) is 0 Å². The molecule has 1 heterocycles. The van der Waals surface area contributed by atoms with E-state index in [1.165, 1.54) is 31.4 Å². The number of benzene rings is 2. The maximum atomic E-state index is 12.6. The lowest BCUT2D eigenvalue weighted by Gasteiger charge is -2.11. The van der Waals surface area contributed by atoms with Crippen molar-refractivity contribution in [2.75, 3.05) is 19.0 Å². The minimum absolute atomic E-state index is 0.0168. The smallest absolute Gasteiger partial charge is 0.411 e. The van der Waals surface area contributed by atoms with Crippen molar-refractivity contribution in [1.29, 1.82) is 0 Å². The van der Waals surface area contributed by atoms with E-state index < -0.39 is 18.0 Å². The lowest BCUT2D eigenvalue weighted by molar-refractivity contribution is -0.130. The van der Waals surface area contributed by atoms with Crippen LogP contribution in [0, 0.1) is 0 Å². The topological polar surface area (TPSA) is 118 Å². The Morgan fingerprint density at radius 2 is 1.91 bits per heavy atom. The maximum absolute atomic E-state index is 12.6. The number of fused-ring (bicyclic) bond motifs is 1. The number of carboxylic acid groups (broad SMARTS) is 1. The van der Waals surface area contributed by atoms with Gasteiger partial charge in [0.1, 0.15) is 5.69 Å². The Morgan fingerprint density at radius 1 is 1.19 bits per heavy atom. The Bertz CT molecular complexity index is 1250. The molecule has 8 nitrogen and oxygen atoms in total. The van der Waals surface area contributed by atoms with Crippen molar-refractivity contribution in [3.05, 3.63) is 63.3 Å². The van der Waals surface area contributed by atoms with Crippen LogP contribution in [0.3, 0.4) is 0 Å². The molecule has 32 heavy (non-hydrogen) atoms. The van der Waals surface area contributed by atoms with Crippen LogP contribution in [-0.4, -0.2) is 41.8 Å². The molecule has 0 radical (unpaired) electrons. The molecule has 0 aliphatic heterocycles. The number of nitrogens with one attached hydrogen (secondary N) is 2. The standard InChI is InChI=1S/C22H18Cl2N2O6/c1-3-32-21(29)19-14(18-15(24)8-11(23)9-17(18)25-19)10-13(20(27)28)12-6-4-5-7-16(12)26-22(30)31-2/h4-10,25H,3H2,1-2H3,(H,26,30)(H,27,28). The summed E-state index contributed by atoms with van der Waals surface area (Å²) in [5.41, 5.74) is 0.866. The van der Waals surface area contributed by atoms with Crippen LogP contribution in [0.2, 0.25) is 10.0 Å². The number of hydrogen-bond acceptors (Lipinski definition) is 5. The van der Waals surface area contributed by atoms with Crippen molar-refractivity contribution < 1.29 is 29.0 Å². The van der Waals surface area contributed by atoms with E-state index in [4.69, 9.17) is 27.9 Å². The molecule has 1 amide bonds. The summed E-state index contributed by atoms with van der Waals surface area (Å²) in [4.78, 5) is 39.4. The maximum Gasteiger partial charge on any atom is 0.411 e. The SMILES string of the molecule is CCOC(=O)c1[nH]c2cc(Cl)cc(Cl)c2c1C=C(C(=O)O)c1ccccc1NC(=O)OC. The van der Waals surface area contributed by atoms with Crippen LogP contribution in [0.1, 0.15) is 28.5 Å². The molecule has 0 saturated heterocycles. The summed E-state index contributed by atoms with van der Waals surface area (Å²) in [5.74, 6) is -1.98. The number of aromatic nitrogens is 1. The van der Waals surface area contributed by atoms with Gasteiger partial charge in [-0.1, -0.05) is 41.4 Å². The van der Waals surface area contributed by atoms with Crippen LogP contribution in [0.15, 0.2) is 36.4 Å². The van der Waals surface area contributed by atoms with Gasteiger partial charge < -0.3 is 19.6 Å². The molecule has 166 valence electrons. The molecular formula is C22H18Cl2N2O6. The summed E-state index contributed by atoms with van der Waals surface area (Å²) in [7, 11) is 1.19. The molecule has 10 heteroatoms. The Hall–Kier alpha value is -3.49. The summed E-state index contributed by atoms with van der Waals surface area (Å²) >= 11 is 12.5. The second-order valence-corrected chi connectivity index (χ2v) is 7.31. The highest BCUT2D eigenvalue weighted by Crippen LogP contribution is 2.36. The molecular weight excluding hydrogens is 459 g/mol. The zero-order valence-corrected chi connectivity index (χ0v) is 18.5. The van der Waals surface area contributed by atoms with E-state index in [-0.39, 0.29) is 39.7 Å². The first kappa shape index (κ1) is 23.2. The number of halogens is 2. The zero-order valence-electron chi connectivity index (χ0n) is 17.0. The minimum atomic E-state index is -1.29. The highest BCUT2D eigenvalue weighted by atomic mass is 35.5. The Balaban J connectivity index is 2.30. The summed E-state index contributed by atoms with van der Waals surface area (Å²) in [5, 5.41) is 13.4. The van der Waals surface area contributed by atoms with Crippen molar-refractivity contribution in [3.8, 4) is 0 Å². The number of carbonyl (C=O) groups is 3. The number of hydrogen-bond donors (Lipinski definition) is 3. The van der Waals surface area contributed by atoms with E-state index >= 15 is 0 Å². The van der Waals surface area contributed by atoms with Crippen LogP contribution in [0.5, 0.6) is 0 Å². The summed E-state index contributed by atoms with van der Waals surface area (Å²) < 4.78 is 9.71. The molecule has 3 rings (SSSR count). The van der Waals surface area contributed by atoms with Crippen LogP contribution in [0.25, 0.3) is 22.6 Å². The van der Waals surface area contributed by atoms with Gasteiger partial charge in [-0.2, -0.15) is 0 Å². The average Bonchev–Trinajstić information content (AvgIpc) is 3.11. The number of amides is 1. The van der Waals surface area contributed by atoms with Gasteiger partial charge in [0.25, 0.3) is 0 Å². The number of ether oxygens (including phenoxy) is 2. The number of para-hydroxylation sites is 1. The second kappa shape index (κ2) is 9.76. The molecule has 0 fully saturated rings. The first-order valence-corrected chi connectivity index (χ1v) is 10.1. The van der Waals surface area contributed by atoms with Crippen molar-refractivity contribution in [1.82, 2.24) is 4.98 Å². The number of anilines is 1. The van der Waals surface area contributed by atoms with Gasteiger partial charge in [0.2, 0.25) is 0 Å². The Morgan fingerprint density at radius 3 is 2.56 bits per heavy atom. The number of carboxylic acids is 1. The minimum Gasteiger partial charge on any atom is -0.478 e. The molecule has 0 saturated carbocycles. The molecule has 0 unspecified atom stereocenters. The van der Waals surface area contributed by atoms with Crippen molar-refractivity contribution >= 4 is 69.5 Å². The lowest BCUT2D eigenvalue weighted by atomic mass is 9.99. The molecule has 1 aromatic heterocycles. The molecule has 0 aliphatic rings. The van der Waals surface area contributed by atoms with Crippen molar-refractivity contribution in [3.63, 3.8) is 0 Å². The van der Waals surface area contributed by atoms with Gasteiger partial charge in [-0.05, 0) is 31.2 Å². The van der Waals surface area contributed by atoms with Gasteiger partial charge in [0.15, 0.2) is 0 Å². The number of rotatable bonds is 6. The van der Waals surface area contributed by atoms with E-state index in [0.29, 0.717) is 15.9 Å². The second-order valence-electron chi connectivity index (χ2n) is 6.47. The predicted octanol–water partition coefficient (Wildman–Crippen LogP) is 5.45. The molecule has 0 atom stereocenters. The van der Waals surface area contributed by atoms with E-state index in [0.717, 1.165) is 0 Å². The summed E-state index contributed by atoms with van der Waals surface area (Å²) in [6.45, 7) is 1.76. The van der Waals surface area contributed by atoms with Gasteiger partial charge in [-0.15, -0.1) is 0 Å². The number of aliphatic carboxylic acids is 1. The number of aromatic amines is 1. The van der Waals surface area contributed by atoms with E-state index in [1.807, 2.05) is 0 Å². The van der Waals surface area contributed by atoms with Gasteiger partial charge >= 0.3 is 18.0 Å². The van der Waals surface area contributed by atoms with Gasteiger partial charge in [0, 0.05) is 27.1 Å². The first-order valence-electron chi connectivity index (χ1n) is 9.34. The summed E-state index contributed by atoms with van der Waals surface area (Å²) in [6, 6.07) is 9.33. The first-order chi connectivity index (χ1) is 15.3. The number of H-pyrrole nitrogens is 1. The molecule has 0 bridgehead atoms. The van der Waals surface area contributed by atoms with Crippen LogP contribution in [-0.2, 0) is 14.3 Å². The van der Waals surface area contributed by atoms with Crippen molar-refractivity contribution in [2.45, 2.75) is 6.92 Å². The number of methoxy groups -OCH3 is 1. The van der Waals surface area contributed by atoms with Gasteiger partial charge in [-0.3, -0.25) is 5.32 Å². The fourth-order valence-corrected chi connectivity index (χ4v) is 3.76. The van der Waals surface area contributed by atoms with E-state index in [2.05, 4.69) is 15.0 Å². The number of esters is 1. The monoisotopic (exact) mass is 476 g/mol. The summed E-state index contributed by atoms with van der Waals surface area (Å²) in [6.07, 6.45) is 0.532. The quantitative estimate of drug-likeness (QED) is 0.321. The molecule has 3 N–H and O–H groups in total. The van der Waals surface area contributed by atoms with Crippen LogP contribution in [0.4, 0.5) is 10.5 Å². The molecule has 0 spiro atoms. The van der Waals surface area contributed by atoms with E-state index in [9.17, 15) is 19.5 Å². The number of carbonyl (C=O) groups excluding carboxylic acids is 2. The Labute approximate surface area is 192 Å². The molecule has 2 aromatic carbocycles. The largest absolute Gasteiger partial charge is 0.478 e. The fraction of sp³-hybridized carbons (Fsp3) is 0.136. The van der Waals surface area contributed by atoms with Gasteiger partial charge in [0.05, 0.1) is 30.0 Å². The lowest BCUT2D eigenvalue weighted by Crippen LogP contribution is -2.13. The highest BCUT2D eigenvalue weighted by Gasteiger charge is 2.23. The normalized spacial score (nSPS) is 11.3. The van der Waals surface area contributed by atoms with Gasteiger partial charge in [-0.25, -0.2) is 14.4 Å². The Kier molecular flexibility index (Phi) is 7.07. The molecule has 0 aliphatic carbocycles. The highest BCUT2D eigenvalue weighted by molar-refractivity contribution is 6.39. The predicted molar refractivity (Wildman–Crippen MR) is 122 cm³/mol. The van der Waals surface area contributed by atoms with Crippen LogP contribution < -0.4 is 5.32 Å². The third-order valence-electron chi connectivity index (χ3n) is 4.49.